The van der Waals surface area contributed by atoms with E-state index in [1.165, 1.54) is 5.57 Å². The molecule has 1 atom stereocenters. The lowest BCUT2D eigenvalue weighted by atomic mass is 9.84. The molecule has 5 N–H and O–H groups in total. The zero-order valence-corrected chi connectivity index (χ0v) is 24.3. The van der Waals surface area contributed by atoms with E-state index in [9.17, 15) is 31.5 Å². The van der Waals surface area contributed by atoms with E-state index >= 15 is 0 Å². The van der Waals surface area contributed by atoms with Crippen molar-refractivity contribution in [3.8, 4) is 11.1 Å². The number of rotatable bonds is 9. The molecule has 1 amide bonds. The highest BCUT2D eigenvalue weighted by atomic mass is 32.2. The number of carbonyl (C=O) groups is 2. The van der Waals surface area contributed by atoms with Crippen LogP contribution in [0.2, 0.25) is 0 Å². The molecule has 2 aromatic rings. The average molecular weight is 612 g/mol. The summed E-state index contributed by atoms with van der Waals surface area (Å²) in [7, 11) is -3.17. The van der Waals surface area contributed by atoms with E-state index in [4.69, 9.17) is 15.6 Å². The fourth-order valence-electron chi connectivity index (χ4n) is 5.11. The third-order valence-corrected chi connectivity index (χ3v) is 9.18. The summed E-state index contributed by atoms with van der Waals surface area (Å²) in [4.78, 5) is 21.2. The Balaban J connectivity index is 0.000000616. The van der Waals surface area contributed by atoms with Crippen LogP contribution in [0.5, 0.6) is 0 Å². The van der Waals surface area contributed by atoms with Crippen LogP contribution in [-0.2, 0) is 27.8 Å². The summed E-state index contributed by atoms with van der Waals surface area (Å²) in [5.41, 5.74) is 12.6. The normalized spacial score (nSPS) is 16.7. The second-order valence-electron chi connectivity index (χ2n) is 10.3. The maximum atomic E-state index is 12.3. The Morgan fingerprint density at radius 2 is 1.71 bits per heavy atom. The summed E-state index contributed by atoms with van der Waals surface area (Å²) in [6.07, 6.45) is -1.07. The largest absolute Gasteiger partial charge is 0.490 e. The van der Waals surface area contributed by atoms with Gasteiger partial charge in [-0.05, 0) is 84.6 Å². The molecular weight excluding hydrogens is 575 g/mol. The quantitative estimate of drug-likeness (QED) is 0.339. The summed E-state index contributed by atoms with van der Waals surface area (Å²) < 4.78 is 57.9. The van der Waals surface area contributed by atoms with E-state index in [-0.39, 0.29) is 11.7 Å². The number of halogens is 3. The van der Waals surface area contributed by atoms with Crippen molar-refractivity contribution in [1.29, 1.82) is 0 Å². The van der Waals surface area contributed by atoms with Crippen LogP contribution in [0.1, 0.15) is 53.7 Å². The topological polar surface area (TPSA) is 150 Å². The van der Waals surface area contributed by atoms with Gasteiger partial charge in [-0.3, -0.25) is 4.79 Å². The number of alkyl halides is 3. The van der Waals surface area contributed by atoms with Crippen molar-refractivity contribution in [3.05, 3.63) is 64.7 Å². The average Bonchev–Trinajstić information content (AvgIpc) is 3.36. The molecule has 42 heavy (non-hydrogen) atoms. The number of aliphatic carboxylic acids is 1. The smallest absolute Gasteiger partial charge is 0.475 e. The fraction of sp³-hybridized carbons (Fsp3) is 0.448. The number of nitrogens with zero attached hydrogens (tertiary/aromatic N) is 1. The van der Waals surface area contributed by atoms with Gasteiger partial charge in [-0.25, -0.2) is 17.5 Å². The number of sulfonamides is 1. The monoisotopic (exact) mass is 611 g/mol. The molecule has 1 aliphatic carbocycles. The van der Waals surface area contributed by atoms with Gasteiger partial charge in [0.15, 0.2) is 0 Å². The Labute approximate surface area is 243 Å². The van der Waals surface area contributed by atoms with Crippen molar-refractivity contribution >= 4 is 27.5 Å². The number of amides is 1. The number of primary amides is 1. The number of fused-ring (bicyclic) bond motifs is 1. The highest BCUT2D eigenvalue weighted by Crippen LogP contribution is 2.41. The number of carbonyl (C=O) groups excluding carboxylic acids is 1. The molecule has 2 aromatic carbocycles. The van der Waals surface area contributed by atoms with Crippen LogP contribution >= 0.6 is 0 Å². The van der Waals surface area contributed by atoms with E-state index in [1.54, 1.807) is 18.2 Å². The number of hydrogen-bond donors (Lipinski definition) is 4. The summed E-state index contributed by atoms with van der Waals surface area (Å²) in [5, 5.41) is 19.8. The second kappa shape index (κ2) is 13.8. The second-order valence-corrected chi connectivity index (χ2v) is 12.6. The predicted octanol–water partition coefficient (Wildman–Crippen LogP) is 3.56. The van der Waals surface area contributed by atoms with Gasteiger partial charge in [-0.1, -0.05) is 30.3 Å². The van der Waals surface area contributed by atoms with Gasteiger partial charge in [0, 0.05) is 31.7 Å². The van der Waals surface area contributed by atoms with E-state index in [0.29, 0.717) is 38.2 Å². The van der Waals surface area contributed by atoms with Gasteiger partial charge >= 0.3 is 12.1 Å². The highest BCUT2D eigenvalue weighted by molar-refractivity contribution is 7.89. The molecule has 1 aliphatic heterocycles. The van der Waals surface area contributed by atoms with Crippen LogP contribution < -0.4 is 11.1 Å². The summed E-state index contributed by atoms with van der Waals surface area (Å²) in [5.74, 6) is -2.80. The Morgan fingerprint density at radius 3 is 2.21 bits per heavy atom. The van der Waals surface area contributed by atoms with E-state index in [0.717, 1.165) is 40.7 Å². The Morgan fingerprint density at radius 1 is 1.12 bits per heavy atom. The minimum atomic E-state index is -5.08. The maximum absolute atomic E-state index is 12.3. The van der Waals surface area contributed by atoms with Crippen molar-refractivity contribution in [2.75, 3.05) is 25.4 Å². The maximum Gasteiger partial charge on any atom is 0.490 e. The van der Waals surface area contributed by atoms with Gasteiger partial charge in [0.05, 0.1) is 11.9 Å². The molecule has 0 aromatic heterocycles. The minimum absolute atomic E-state index is 0.129. The number of carboxylic acids is 1. The number of piperidine rings is 1. The van der Waals surface area contributed by atoms with E-state index < -0.39 is 34.2 Å². The number of aliphatic hydroxyl groups is 1. The first-order chi connectivity index (χ1) is 19.6. The molecule has 0 radical (unpaired) electrons. The van der Waals surface area contributed by atoms with Crippen molar-refractivity contribution in [1.82, 2.24) is 9.62 Å². The molecule has 1 saturated heterocycles. The third kappa shape index (κ3) is 8.40. The SMILES string of the molecule is CCS(=O)(=O)N1CCC(C2=CCc3c(C(N)=O)cc(-c4ccc(CNC[C@@H](C)O)cc4)cc32)CC1.O=C(O)C(F)(F)F. The molecule has 0 spiro atoms. The predicted molar refractivity (Wildman–Crippen MR) is 153 cm³/mol. The molecule has 2 aliphatic rings. The van der Waals surface area contributed by atoms with Crippen molar-refractivity contribution < 1.29 is 41.4 Å². The first-order valence-electron chi connectivity index (χ1n) is 13.6. The van der Waals surface area contributed by atoms with Crippen molar-refractivity contribution in [2.45, 2.75) is 51.9 Å². The first-order valence-corrected chi connectivity index (χ1v) is 15.2. The Kier molecular flexibility index (Phi) is 10.9. The molecule has 13 heteroatoms. The van der Waals surface area contributed by atoms with Crippen molar-refractivity contribution in [3.63, 3.8) is 0 Å². The van der Waals surface area contributed by atoms with Crippen LogP contribution in [0, 0.1) is 5.92 Å². The number of hydrogen-bond acceptors (Lipinski definition) is 6. The van der Waals surface area contributed by atoms with Gasteiger partial charge < -0.3 is 21.3 Å². The number of aliphatic hydroxyl groups excluding tert-OH is 1. The summed E-state index contributed by atoms with van der Waals surface area (Å²) in [6, 6.07) is 12.2. The fourth-order valence-corrected chi connectivity index (χ4v) is 6.24. The van der Waals surface area contributed by atoms with Gasteiger partial charge in [-0.15, -0.1) is 0 Å². The molecule has 0 bridgehead atoms. The number of nitrogens with two attached hydrogens (primary N) is 1. The van der Waals surface area contributed by atoms with Crippen LogP contribution in [0.25, 0.3) is 16.7 Å². The molecular formula is C29H36F3N3O6S. The standard InChI is InChI=1S/C27H35N3O4S.C2HF3O2/c1-3-35(33,34)30-12-10-21(11-13-30)23-8-9-24-25(23)14-22(15-26(24)27(28)32)20-6-4-19(5-7-20)17-29-16-18(2)31;3-2(4,5)1(6)7/h4-8,14-15,18,21,29,31H,3,9-13,16-17H2,1-2H3,(H2,28,32);(H,6,7)/t18-;/m1./s1. The Hall–Kier alpha value is -3.26. The summed E-state index contributed by atoms with van der Waals surface area (Å²) in [6.45, 7) is 5.69. The molecule has 0 unspecified atom stereocenters. The van der Waals surface area contributed by atoms with Crippen molar-refractivity contribution in [2.24, 2.45) is 11.7 Å². The number of benzene rings is 2. The lowest BCUT2D eigenvalue weighted by Gasteiger charge is -2.32. The van der Waals surface area contributed by atoms with Gasteiger partial charge in [0.2, 0.25) is 15.9 Å². The lowest BCUT2D eigenvalue weighted by molar-refractivity contribution is -0.192. The number of allylic oxidation sites excluding steroid dienone is 2. The van der Waals surface area contributed by atoms with Crippen LogP contribution in [-0.4, -0.2) is 72.5 Å². The molecule has 230 valence electrons. The van der Waals surface area contributed by atoms with Gasteiger partial charge in [0.1, 0.15) is 0 Å². The molecule has 1 fully saturated rings. The number of carboxylic acid groups (broad SMARTS) is 1. The molecule has 9 nitrogen and oxygen atoms in total. The molecule has 4 rings (SSSR count). The minimum Gasteiger partial charge on any atom is -0.475 e. The zero-order chi connectivity index (χ0) is 31.2. The highest BCUT2D eigenvalue weighted by Gasteiger charge is 2.38. The zero-order valence-electron chi connectivity index (χ0n) is 23.4. The van der Waals surface area contributed by atoms with Crippen LogP contribution in [0.3, 0.4) is 0 Å². The Bertz CT molecular complexity index is 1420. The molecule has 0 saturated carbocycles. The van der Waals surface area contributed by atoms with Crippen LogP contribution in [0.15, 0.2) is 42.5 Å². The van der Waals surface area contributed by atoms with E-state index in [2.05, 4.69) is 17.5 Å². The lowest BCUT2D eigenvalue weighted by Crippen LogP contribution is -2.39. The van der Waals surface area contributed by atoms with Gasteiger partial charge in [0.25, 0.3) is 0 Å². The number of nitrogens with one attached hydrogen (secondary N) is 1. The summed E-state index contributed by atoms with van der Waals surface area (Å²) >= 11 is 0. The molecule has 1 heterocycles. The first kappa shape index (κ1) is 33.2. The third-order valence-electron chi connectivity index (χ3n) is 7.30. The van der Waals surface area contributed by atoms with Gasteiger partial charge in [-0.2, -0.15) is 13.2 Å². The van der Waals surface area contributed by atoms with Crippen LogP contribution in [0.4, 0.5) is 13.2 Å². The van der Waals surface area contributed by atoms with E-state index in [1.807, 2.05) is 30.3 Å².